The number of aliphatic hydroxyl groups excluding tert-OH is 2. The van der Waals surface area contributed by atoms with Crippen LogP contribution in [-0.2, 0) is 40.6 Å². The van der Waals surface area contributed by atoms with E-state index in [1.165, 1.54) is 40.2 Å². The van der Waals surface area contributed by atoms with Crippen LogP contribution in [0.15, 0.2) is 77.4 Å². The third-order valence-corrected chi connectivity index (χ3v) is 16.4. The predicted octanol–water partition coefficient (Wildman–Crippen LogP) is 1.77. The maximum Gasteiger partial charge on any atom is 0.343 e. The first-order valence-electron chi connectivity index (χ1n) is 20.0. The number of hydrogen-bond acceptors (Lipinski definition) is 21. The average molecular weight is 1000 g/mol. The Balaban J connectivity index is 0.962. The largest absolute Gasteiger partial charge is 0.493 e. The second-order valence-electron chi connectivity index (χ2n) is 15.0. The average Bonchev–Trinajstić information content (AvgIpc) is 4.08. The lowest BCUT2D eigenvalue weighted by Gasteiger charge is -2.32. The van der Waals surface area contributed by atoms with E-state index in [4.69, 9.17) is 56.8 Å². The van der Waals surface area contributed by atoms with Gasteiger partial charge in [0.15, 0.2) is 35.1 Å². The van der Waals surface area contributed by atoms with Crippen LogP contribution in [0.5, 0.6) is 11.5 Å². The van der Waals surface area contributed by atoms with Gasteiger partial charge in [-0.2, -0.15) is 4.98 Å². The van der Waals surface area contributed by atoms with E-state index in [0.717, 1.165) is 11.4 Å². The highest BCUT2D eigenvalue weighted by molar-refractivity contribution is 8.55. The smallest absolute Gasteiger partial charge is 0.343 e. The number of benzene rings is 2. The number of hydrogen-bond donors (Lipinski definition) is 8. The molecule has 31 heteroatoms. The van der Waals surface area contributed by atoms with Gasteiger partial charge in [0.2, 0.25) is 5.95 Å². The van der Waals surface area contributed by atoms with Crippen LogP contribution >= 0.6 is 24.7 Å². The van der Waals surface area contributed by atoms with Crippen LogP contribution in [0.4, 0.5) is 11.8 Å². The lowest BCUT2D eigenvalue weighted by molar-refractivity contribution is -0.0467. The number of fused-ring (bicyclic) bond motifs is 4. The molecule has 27 nitrogen and oxygen atoms in total. The zero-order valence-corrected chi connectivity index (χ0v) is 37.8. The Bertz CT molecular complexity index is 3010. The van der Waals surface area contributed by atoms with E-state index in [-0.39, 0.29) is 64.3 Å². The molecule has 0 amide bonds. The van der Waals surface area contributed by atoms with E-state index < -0.39 is 87.1 Å². The zero-order chi connectivity index (χ0) is 47.0. The minimum Gasteiger partial charge on any atom is -0.493 e. The number of carbonyl (C=O) groups is 1. The second kappa shape index (κ2) is 19.2. The molecule has 3 saturated heterocycles. The number of carbonyl (C=O) groups excluding carboxylic acids is 1. The third kappa shape index (κ3) is 9.88. The molecule has 67 heavy (non-hydrogen) atoms. The molecule has 1 unspecified atom stereocenters. The summed E-state index contributed by atoms with van der Waals surface area (Å²) in [5, 5.41) is 32.9. The first-order chi connectivity index (χ1) is 32.2. The van der Waals surface area contributed by atoms with E-state index in [0.29, 0.717) is 11.3 Å². The van der Waals surface area contributed by atoms with Crippen molar-refractivity contribution in [1.29, 1.82) is 0 Å². The molecule has 0 spiro atoms. The van der Waals surface area contributed by atoms with Crippen molar-refractivity contribution in [2.24, 2.45) is 5.11 Å². The molecular weight excluding hydrogens is 961 g/mol. The fourth-order valence-corrected chi connectivity index (χ4v) is 12.9. The molecule has 352 valence electrons. The summed E-state index contributed by atoms with van der Waals surface area (Å²) < 4.78 is 53.6. The molecule has 3 fully saturated rings. The van der Waals surface area contributed by atoms with Crippen LogP contribution in [0.1, 0.15) is 28.4 Å². The molecule has 10 atom stereocenters. The Hall–Kier alpha value is -5.61. The Morgan fingerprint density at radius 2 is 1.57 bits per heavy atom. The Morgan fingerprint density at radius 3 is 2.27 bits per heavy atom. The minimum absolute atomic E-state index is 0.0132. The number of H-pyrrole nitrogens is 1. The number of esters is 1. The molecule has 7 heterocycles. The van der Waals surface area contributed by atoms with Crippen LogP contribution in [0, 0.1) is 0 Å². The number of imidazole rings is 2. The summed E-state index contributed by atoms with van der Waals surface area (Å²) in [4.78, 5) is 62.8. The monoisotopic (exact) mass is 999 g/mol. The number of nitrogens with one attached hydrogen (secondary N) is 3. The standard InChI is InChI=1S/C36H39N15O12P2S2/c37-29-25-30(41-14-40-29)50(15-42-25)33-28(53)24-21(62-33)11-59-64(56,66)47-23-22(63-34(27(23)52)51-16-43-26-31(51)45-36(38)46-32(26)54)12-60-65(57,48-24)67-13-17-1-5-20(6-2-17)61-35(55)18-3-7-19(8-4-18)58-10-9-44-49-39/h1-8,14-16,21-24,27-28,33-34,52-53H,9-13H2,(H,48,57)(H2,37,40,41)(H2,47,56,66)(H3,38,45,46,54)/t21-,22-,23-,24-,27-,28-,33-,34-,64?,65-/m1/s1. The lowest BCUT2D eigenvalue weighted by Crippen LogP contribution is -2.47. The third-order valence-electron chi connectivity index (χ3n) is 10.7. The van der Waals surface area contributed by atoms with Gasteiger partial charge >= 0.3 is 12.7 Å². The van der Waals surface area contributed by atoms with Gasteiger partial charge in [0, 0.05) is 10.7 Å². The molecule has 3 aliphatic heterocycles. The number of aliphatic hydroxyl groups is 2. The number of anilines is 2. The van der Waals surface area contributed by atoms with E-state index >= 15 is 4.57 Å². The van der Waals surface area contributed by atoms with Gasteiger partial charge in [0.05, 0.1) is 56.7 Å². The molecule has 4 aromatic heterocycles. The van der Waals surface area contributed by atoms with Crippen molar-refractivity contribution >= 4 is 76.6 Å². The summed E-state index contributed by atoms with van der Waals surface area (Å²) in [6.45, 7) is -8.87. The van der Waals surface area contributed by atoms with E-state index in [2.05, 4.69) is 50.1 Å². The van der Waals surface area contributed by atoms with Gasteiger partial charge < -0.3 is 54.6 Å². The van der Waals surface area contributed by atoms with Gasteiger partial charge in [-0.3, -0.25) is 23.5 Å². The Kier molecular flexibility index (Phi) is 13.3. The van der Waals surface area contributed by atoms with Gasteiger partial charge in [0.1, 0.15) is 47.8 Å². The van der Waals surface area contributed by atoms with E-state index in [9.17, 15) is 24.7 Å². The molecule has 0 aliphatic carbocycles. The van der Waals surface area contributed by atoms with Crippen molar-refractivity contribution in [2.45, 2.75) is 54.7 Å². The molecule has 2 aromatic carbocycles. The zero-order valence-electron chi connectivity index (χ0n) is 34.4. The molecule has 6 aromatic rings. The fraction of sp³-hybridized carbons (Fsp3) is 0.361. The number of nitrogens with two attached hydrogens (primary N) is 2. The van der Waals surface area contributed by atoms with E-state index in [1.54, 1.807) is 36.4 Å². The second-order valence-corrected chi connectivity index (χ2v) is 22.3. The predicted molar refractivity (Wildman–Crippen MR) is 241 cm³/mol. The van der Waals surface area contributed by atoms with Crippen molar-refractivity contribution in [3.8, 4) is 11.5 Å². The van der Waals surface area contributed by atoms with Crippen molar-refractivity contribution in [2.75, 3.05) is 37.8 Å². The summed E-state index contributed by atoms with van der Waals surface area (Å²) in [5.41, 5.74) is 20.9. The van der Waals surface area contributed by atoms with Crippen molar-refractivity contribution in [1.82, 2.24) is 49.2 Å². The van der Waals surface area contributed by atoms with Crippen molar-refractivity contribution in [3.63, 3.8) is 0 Å². The molecular formula is C36H39N15O12P2S2. The summed E-state index contributed by atoms with van der Waals surface area (Å²) in [7, 11) is 0. The van der Waals surface area contributed by atoms with Crippen LogP contribution in [0.3, 0.4) is 0 Å². The number of azide groups is 1. The number of ether oxygens (including phenoxy) is 4. The van der Waals surface area contributed by atoms with Crippen LogP contribution in [0.2, 0.25) is 0 Å². The highest BCUT2D eigenvalue weighted by Gasteiger charge is 2.52. The molecule has 0 saturated carbocycles. The number of aromatic nitrogens is 8. The molecule has 9 rings (SSSR count). The number of nitrogens with zero attached hydrogens (tertiary/aromatic N) is 10. The van der Waals surface area contributed by atoms with Crippen molar-refractivity contribution in [3.05, 3.63) is 99.4 Å². The Morgan fingerprint density at radius 1 is 0.925 bits per heavy atom. The topological polar surface area (TPSA) is 382 Å². The van der Waals surface area contributed by atoms with Gasteiger partial charge in [0.25, 0.3) is 12.2 Å². The number of aromatic amines is 1. The number of nitrogen functional groups attached to an aromatic ring is 2. The summed E-state index contributed by atoms with van der Waals surface area (Å²) in [6, 6.07) is 10.2. The van der Waals surface area contributed by atoms with Gasteiger partial charge in [-0.05, 0) is 70.7 Å². The SMILES string of the molecule is [N-]=[N+]=NCCOc1ccc(C(=O)Oc2ccc(CS[P@@]3(=O)N[C@H]4[C@@H](O)[C@H](n5cnc6c(N)ncnc65)O[C@@H]4COP(O)(=S)N[C@H]4[C@@H](O)[C@H](n5cnc6c(=O)[nH]c(N)nc65)O[C@@H]4CO3)cc2)cc1. The summed E-state index contributed by atoms with van der Waals surface area (Å²) in [6.07, 6.45) is -4.06. The van der Waals surface area contributed by atoms with Crippen LogP contribution < -0.4 is 36.7 Å². The van der Waals surface area contributed by atoms with Crippen molar-refractivity contribution < 1.29 is 52.5 Å². The Labute approximate surface area is 385 Å². The highest BCUT2D eigenvalue weighted by atomic mass is 32.7. The first kappa shape index (κ1) is 46.5. The summed E-state index contributed by atoms with van der Waals surface area (Å²) >= 11 is 6.35. The van der Waals surface area contributed by atoms with Gasteiger partial charge in [-0.25, -0.2) is 34.9 Å². The first-order valence-corrected chi connectivity index (χ1v) is 25.9. The van der Waals surface area contributed by atoms with Crippen LogP contribution in [0.25, 0.3) is 32.8 Å². The highest BCUT2D eigenvalue weighted by Crippen LogP contribution is 2.59. The summed E-state index contributed by atoms with van der Waals surface area (Å²) in [5.74, 6) is -0.0165. The maximum absolute atomic E-state index is 15.2. The van der Waals surface area contributed by atoms with Gasteiger partial charge in [-0.15, -0.1) is 0 Å². The van der Waals surface area contributed by atoms with Gasteiger partial charge in [-0.1, -0.05) is 17.2 Å². The normalized spacial score (nSPS) is 28.8. The fourth-order valence-electron chi connectivity index (χ4n) is 7.52. The number of rotatable bonds is 11. The maximum atomic E-state index is 15.2. The molecule has 0 radical (unpaired) electrons. The molecule has 0 bridgehead atoms. The minimum atomic E-state index is -4.20. The van der Waals surface area contributed by atoms with E-state index in [1.807, 2.05) is 0 Å². The van der Waals surface area contributed by atoms with Crippen LogP contribution in [-0.4, -0.2) is 123 Å². The lowest BCUT2D eigenvalue weighted by atomic mass is 10.1. The quantitative estimate of drug-likeness (QED) is 0.0174. The molecule has 10 N–H and O–H groups in total. The molecule has 3 aliphatic rings.